The highest BCUT2D eigenvalue weighted by molar-refractivity contribution is 5.17. The Balaban J connectivity index is 2.02. The first kappa shape index (κ1) is 13.5. The van der Waals surface area contributed by atoms with Gasteiger partial charge in [-0.15, -0.1) is 0 Å². The molecule has 0 bridgehead atoms. The summed E-state index contributed by atoms with van der Waals surface area (Å²) in [7, 11) is 1.98. The van der Waals surface area contributed by atoms with Crippen molar-refractivity contribution in [3.63, 3.8) is 0 Å². The third kappa shape index (κ3) is 3.30. The lowest BCUT2D eigenvalue weighted by molar-refractivity contribution is 0.0539. The molecule has 2 atom stereocenters. The number of benzene rings is 1. The van der Waals surface area contributed by atoms with Crippen molar-refractivity contribution in [3.05, 3.63) is 35.6 Å². The molecule has 0 spiro atoms. The molecular formula is C15H22FNO. The van der Waals surface area contributed by atoms with Crippen molar-refractivity contribution in [3.8, 4) is 0 Å². The summed E-state index contributed by atoms with van der Waals surface area (Å²) in [6.07, 6.45) is 5.05. The molecule has 1 aromatic carbocycles. The number of aliphatic hydroxyl groups is 1. The van der Waals surface area contributed by atoms with Crippen molar-refractivity contribution < 1.29 is 9.50 Å². The third-order valence-corrected chi connectivity index (χ3v) is 3.89. The van der Waals surface area contributed by atoms with Crippen LogP contribution in [0.3, 0.4) is 0 Å². The van der Waals surface area contributed by atoms with Gasteiger partial charge in [0.2, 0.25) is 0 Å². The fourth-order valence-corrected chi connectivity index (χ4v) is 2.80. The molecule has 1 fully saturated rings. The zero-order chi connectivity index (χ0) is 13.0. The SMILES string of the molecule is CN(Cc1ccccc1F)C1CCCCCC1O. The summed E-state index contributed by atoms with van der Waals surface area (Å²) in [6, 6.07) is 7.03. The monoisotopic (exact) mass is 251 g/mol. The molecule has 1 aliphatic carbocycles. The third-order valence-electron chi connectivity index (χ3n) is 3.89. The zero-order valence-corrected chi connectivity index (χ0v) is 11.0. The molecule has 2 unspecified atom stereocenters. The van der Waals surface area contributed by atoms with Crippen LogP contribution in [0.2, 0.25) is 0 Å². The molecule has 0 amide bonds. The Labute approximate surface area is 108 Å². The Morgan fingerprint density at radius 3 is 2.72 bits per heavy atom. The van der Waals surface area contributed by atoms with Crippen molar-refractivity contribution >= 4 is 0 Å². The Bertz CT molecular complexity index is 383. The van der Waals surface area contributed by atoms with Gasteiger partial charge in [0, 0.05) is 18.2 Å². The van der Waals surface area contributed by atoms with Crippen LogP contribution in [0.15, 0.2) is 24.3 Å². The van der Waals surface area contributed by atoms with Gasteiger partial charge in [-0.25, -0.2) is 4.39 Å². The molecule has 18 heavy (non-hydrogen) atoms. The number of nitrogens with zero attached hydrogens (tertiary/aromatic N) is 1. The Morgan fingerprint density at radius 2 is 1.94 bits per heavy atom. The summed E-state index contributed by atoms with van der Waals surface area (Å²) >= 11 is 0. The van der Waals surface area contributed by atoms with E-state index in [1.54, 1.807) is 6.07 Å². The molecule has 1 saturated carbocycles. The smallest absolute Gasteiger partial charge is 0.127 e. The quantitative estimate of drug-likeness (QED) is 0.835. The molecule has 1 aromatic rings. The standard InChI is InChI=1S/C15H22FNO/c1-17(11-12-7-5-6-8-13(12)16)14-9-3-2-4-10-15(14)18/h5-8,14-15,18H,2-4,9-11H2,1H3. The predicted molar refractivity (Wildman–Crippen MR) is 70.7 cm³/mol. The fraction of sp³-hybridized carbons (Fsp3) is 0.600. The fourth-order valence-electron chi connectivity index (χ4n) is 2.80. The van der Waals surface area contributed by atoms with E-state index in [0.717, 1.165) is 25.7 Å². The van der Waals surface area contributed by atoms with Crippen molar-refractivity contribution in [2.45, 2.75) is 50.8 Å². The molecule has 1 aliphatic rings. The minimum absolute atomic E-state index is 0.159. The number of hydrogen-bond acceptors (Lipinski definition) is 2. The van der Waals surface area contributed by atoms with Crippen LogP contribution in [-0.4, -0.2) is 29.2 Å². The van der Waals surface area contributed by atoms with Crippen LogP contribution < -0.4 is 0 Å². The van der Waals surface area contributed by atoms with Gasteiger partial charge in [-0.05, 0) is 26.0 Å². The number of aliphatic hydroxyl groups excluding tert-OH is 1. The highest BCUT2D eigenvalue weighted by atomic mass is 19.1. The van der Waals surface area contributed by atoms with Crippen LogP contribution in [0, 0.1) is 5.82 Å². The molecule has 2 nitrogen and oxygen atoms in total. The topological polar surface area (TPSA) is 23.5 Å². The number of hydrogen-bond donors (Lipinski definition) is 1. The van der Waals surface area contributed by atoms with E-state index >= 15 is 0 Å². The summed E-state index contributed by atoms with van der Waals surface area (Å²) in [6.45, 7) is 0.564. The van der Waals surface area contributed by atoms with Crippen LogP contribution in [0.1, 0.15) is 37.7 Å². The first-order valence-corrected chi connectivity index (χ1v) is 6.80. The second-order valence-electron chi connectivity index (χ2n) is 5.28. The molecule has 1 N–H and O–H groups in total. The Hall–Kier alpha value is -0.930. The van der Waals surface area contributed by atoms with E-state index in [9.17, 15) is 9.50 Å². The van der Waals surface area contributed by atoms with Crippen LogP contribution in [0.4, 0.5) is 4.39 Å². The Kier molecular flexibility index (Phi) is 4.72. The van der Waals surface area contributed by atoms with E-state index in [-0.39, 0.29) is 18.0 Å². The lowest BCUT2D eigenvalue weighted by Gasteiger charge is -2.30. The van der Waals surface area contributed by atoms with Crippen molar-refractivity contribution in [1.29, 1.82) is 0 Å². The molecule has 0 saturated heterocycles. The van der Waals surface area contributed by atoms with Crippen LogP contribution in [0.5, 0.6) is 0 Å². The molecule has 100 valence electrons. The van der Waals surface area contributed by atoms with E-state index < -0.39 is 0 Å². The molecule has 0 aliphatic heterocycles. The maximum atomic E-state index is 13.6. The van der Waals surface area contributed by atoms with Gasteiger partial charge in [-0.1, -0.05) is 37.5 Å². The summed E-state index contributed by atoms with van der Waals surface area (Å²) in [5.74, 6) is -0.160. The maximum absolute atomic E-state index is 13.6. The molecular weight excluding hydrogens is 229 g/mol. The number of halogens is 1. The highest BCUT2D eigenvalue weighted by Gasteiger charge is 2.25. The van der Waals surface area contributed by atoms with Crippen LogP contribution in [0.25, 0.3) is 0 Å². The molecule has 3 heteroatoms. The molecule has 0 radical (unpaired) electrons. The van der Waals surface area contributed by atoms with Gasteiger partial charge in [0.15, 0.2) is 0 Å². The number of rotatable bonds is 3. The summed E-state index contributed by atoms with van der Waals surface area (Å²) < 4.78 is 13.6. The van der Waals surface area contributed by atoms with E-state index in [4.69, 9.17) is 0 Å². The highest BCUT2D eigenvalue weighted by Crippen LogP contribution is 2.23. The lowest BCUT2D eigenvalue weighted by Crippen LogP contribution is -2.40. The van der Waals surface area contributed by atoms with Gasteiger partial charge in [0.1, 0.15) is 5.82 Å². The normalized spacial score (nSPS) is 25.1. The first-order valence-electron chi connectivity index (χ1n) is 6.80. The van der Waals surface area contributed by atoms with Gasteiger partial charge < -0.3 is 5.11 Å². The average molecular weight is 251 g/mol. The second kappa shape index (κ2) is 6.30. The average Bonchev–Trinajstić information content (AvgIpc) is 2.57. The van der Waals surface area contributed by atoms with Gasteiger partial charge in [-0.3, -0.25) is 4.90 Å². The van der Waals surface area contributed by atoms with E-state index in [1.165, 1.54) is 12.5 Å². The van der Waals surface area contributed by atoms with Crippen molar-refractivity contribution in [1.82, 2.24) is 4.90 Å². The lowest BCUT2D eigenvalue weighted by atomic mass is 10.0. The molecule has 2 rings (SSSR count). The van der Waals surface area contributed by atoms with Crippen LogP contribution >= 0.6 is 0 Å². The number of likely N-dealkylation sites (N-methyl/N-ethyl adjacent to an activating group) is 1. The second-order valence-corrected chi connectivity index (χ2v) is 5.28. The molecule has 0 aromatic heterocycles. The largest absolute Gasteiger partial charge is 0.391 e. The predicted octanol–water partition coefficient (Wildman–Crippen LogP) is 2.95. The summed E-state index contributed by atoms with van der Waals surface area (Å²) in [5.41, 5.74) is 0.705. The van der Waals surface area contributed by atoms with Crippen LogP contribution in [-0.2, 0) is 6.54 Å². The van der Waals surface area contributed by atoms with Gasteiger partial charge in [0.25, 0.3) is 0 Å². The summed E-state index contributed by atoms with van der Waals surface area (Å²) in [4.78, 5) is 2.09. The summed E-state index contributed by atoms with van der Waals surface area (Å²) in [5, 5.41) is 10.1. The maximum Gasteiger partial charge on any atom is 0.127 e. The minimum atomic E-state index is -0.274. The Morgan fingerprint density at radius 1 is 1.22 bits per heavy atom. The van der Waals surface area contributed by atoms with E-state index in [0.29, 0.717) is 12.1 Å². The van der Waals surface area contributed by atoms with Gasteiger partial charge >= 0.3 is 0 Å². The first-order chi connectivity index (χ1) is 8.68. The van der Waals surface area contributed by atoms with Gasteiger partial charge in [0.05, 0.1) is 6.10 Å². The minimum Gasteiger partial charge on any atom is -0.391 e. The zero-order valence-electron chi connectivity index (χ0n) is 11.0. The van der Waals surface area contributed by atoms with E-state index in [2.05, 4.69) is 4.90 Å². The van der Waals surface area contributed by atoms with Crippen molar-refractivity contribution in [2.75, 3.05) is 7.05 Å². The van der Waals surface area contributed by atoms with Crippen molar-refractivity contribution in [2.24, 2.45) is 0 Å². The molecule has 0 heterocycles. The van der Waals surface area contributed by atoms with Gasteiger partial charge in [-0.2, -0.15) is 0 Å². The van der Waals surface area contributed by atoms with E-state index in [1.807, 2.05) is 19.2 Å².